The van der Waals surface area contributed by atoms with E-state index in [0.29, 0.717) is 0 Å². The molecule has 1 nitrogen and oxygen atoms in total. The highest BCUT2D eigenvalue weighted by molar-refractivity contribution is 4.68. The summed E-state index contributed by atoms with van der Waals surface area (Å²) in [6.07, 6.45) is 7.35. The van der Waals surface area contributed by atoms with Crippen molar-refractivity contribution in [2.45, 2.75) is 46.0 Å². The highest BCUT2D eigenvalue weighted by Gasteiger charge is 2.13. The molecule has 1 aliphatic rings. The average Bonchev–Trinajstić information content (AvgIpc) is 2.49. The Hall–Kier alpha value is -0.0400. The van der Waals surface area contributed by atoms with Crippen LogP contribution in [0.5, 0.6) is 0 Å². The molecule has 0 aromatic rings. The molecule has 0 aromatic heterocycles. The lowest BCUT2D eigenvalue weighted by Gasteiger charge is -2.10. The van der Waals surface area contributed by atoms with Crippen LogP contribution in [0.1, 0.15) is 46.0 Å². The maximum absolute atomic E-state index is 3.51. The summed E-state index contributed by atoms with van der Waals surface area (Å²) in [6, 6.07) is 0. The van der Waals surface area contributed by atoms with E-state index < -0.39 is 0 Å². The van der Waals surface area contributed by atoms with E-state index in [-0.39, 0.29) is 0 Å². The molecular weight excluding hydrogens is 146 g/mol. The Morgan fingerprint density at radius 1 is 1.25 bits per heavy atom. The van der Waals surface area contributed by atoms with Gasteiger partial charge in [-0.25, -0.2) is 0 Å². The van der Waals surface area contributed by atoms with Gasteiger partial charge in [-0.3, -0.25) is 0 Å². The van der Waals surface area contributed by atoms with Gasteiger partial charge in [0.1, 0.15) is 0 Å². The lowest BCUT2D eigenvalue weighted by atomic mass is 10.0. The van der Waals surface area contributed by atoms with Gasteiger partial charge < -0.3 is 5.32 Å². The van der Waals surface area contributed by atoms with Crippen molar-refractivity contribution >= 4 is 0 Å². The molecule has 0 amide bonds. The number of hydrogen-bond donors (Lipinski definition) is 1. The van der Waals surface area contributed by atoms with Crippen LogP contribution < -0.4 is 5.32 Å². The molecule has 72 valence electrons. The maximum Gasteiger partial charge on any atom is -0.00258 e. The first-order valence-corrected chi connectivity index (χ1v) is 5.49. The minimum absolute atomic E-state index is 0.800. The quantitative estimate of drug-likeness (QED) is 0.624. The van der Waals surface area contributed by atoms with E-state index in [4.69, 9.17) is 0 Å². The summed E-state index contributed by atoms with van der Waals surface area (Å²) in [5, 5.41) is 3.51. The predicted molar refractivity (Wildman–Crippen MR) is 54.3 cm³/mol. The minimum Gasteiger partial charge on any atom is -0.316 e. The zero-order valence-electron chi connectivity index (χ0n) is 8.60. The molecule has 0 saturated heterocycles. The molecule has 0 radical (unpaired) electrons. The van der Waals surface area contributed by atoms with Crippen LogP contribution in [0.2, 0.25) is 0 Å². The first kappa shape index (κ1) is 10.0. The summed E-state index contributed by atoms with van der Waals surface area (Å²) in [5.41, 5.74) is 0. The van der Waals surface area contributed by atoms with Crippen molar-refractivity contribution in [2.75, 3.05) is 13.1 Å². The van der Waals surface area contributed by atoms with E-state index in [0.717, 1.165) is 11.8 Å². The molecule has 0 spiro atoms. The van der Waals surface area contributed by atoms with Gasteiger partial charge in [0.15, 0.2) is 0 Å². The highest BCUT2D eigenvalue weighted by Crippen LogP contribution is 2.26. The van der Waals surface area contributed by atoms with Crippen molar-refractivity contribution in [1.82, 2.24) is 5.32 Å². The van der Waals surface area contributed by atoms with Gasteiger partial charge in [-0.05, 0) is 31.3 Å². The molecule has 0 bridgehead atoms. The Bertz CT molecular complexity index is 104. The van der Waals surface area contributed by atoms with Gasteiger partial charge in [0.2, 0.25) is 0 Å². The largest absolute Gasteiger partial charge is 0.316 e. The summed E-state index contributed by atoms with van der Waals surface area (Å²) in [4.78, 5) is 0. The van der Waals surface area contributed by atoms with Crippen LogP contribution in [0, 0.1) is 11.8 Å². The Morgan fingerprint density at radius 2 is 1.92 bits per heavy atom. The van der Waals surface area contributed by atoms with E-state index in [1.54, 1.807) is 0 Å². The summed E-state index contributed by atoms with van der Waals surface area (Å²) in [7, 11) is 0. The van der Waals surface area contributed by atoms with Crippen LogP contribution in [0.25, 0.3) is 0 Å². The fourth-order valence-electron chi connectivity index (χ4n) is 2.00. The van der Waals surface area contributed by atoms with Crippen LogP contribution in [0.4, 0.5) is 0 Å². The highest BCUT2D eigenvalue weighted by atomic mass is 14.8. The van der Waals surface area contributed by atoms with Gasteiger partial charge >= 0.3 is 0 Å². The van der Waals surface area contributed by atoms with Crippen molar-refractivity contribution in [3.05, 3.63) is 0 Å². The summed E-state index contributed by atoms with van der Waals surface area (Å²) < 4.78 is 0. The average molecular weight is 169 g/mol. The monoisotopic (exact) mass is 169 g/mol. The number of hydrogen-bond acceptors (Lipinski definition) is 1. The van der Waals surface area contributed by atoms with Gasteiger partial charge in [-0.2, -0.15) is 0 Å². The zero-order chi connectivity index (χ0) is 8.81. The normalized spacial score (nSPS) is 19.2. The van der Waals surface area contributed by atoms with Crippen molar-refractivity contribution in [1.29, 1.82) is 0 Å². The molecule has 0 aliphatic heterocycles. The molecule has 1 saturated carbocycles. The fourth-order valence-corrected chi connectivity index (χ4v) is 2.00. The van der Waals surface area contributed by atoms with E-state index in [1.807, 2.05) is 0 Å². The topological polar surface area (TPSA) is 12.0 Å². The molecule has 1 N–H and O–H groups in total. The molecule has 12 heavy (non-hydrogen) atoms. The molecule has 0 atom stereocenters. The van der Waals surface area contributed by atoms with Crippen molar-refractivity contribution < 1.29 is 0 Å². The van der Waals surface area contributed by atoms with Gasteiger partial charge in [-0.1, -0.05) is 39.5 Å². The number of nitrogens with one attached hydrogen (secondary N) is 1. The SMILES string of the molecule is CC(C)CNCCC1CCCC1. The van der Waals surface area contributed by atoms with Crippen LogP contribution in [-0.4, -0.2) is 13.1 Å². The Morgan fingerprint density at radius 3 is 2.50 bits per heavy atom. The molecule has 1 rings (SSSR count). The second-order valence-corrected chi connectivity index (χ2v) is 4.54. The lowest BCUT2D eigenvalue weighted by Crippen LogP contribution is -2.22. The van der Waals surface area contributed by atoms with Crippen LogP contribution in [-0.2, 0) is 0 Å². The van der Waals surface area contributed by atoms with Gasteiger partial charge in [0.05, 0.1) is 0 Å². The standard InChI is InChI=1S/C11H23N/c1-10(2)9-12-8-7-11-5-3-4-6-11/h10-12H,3-9H2,1-2H3. The Labute approximate surface area is 76.9 Å². The van der Waals surface area contributed by atoms with E-state index >= 15 is 0 Å². The maximum atomic E-state index is 3.51. The van der Waals surface area contributed by atoms with Crippen molar-refractivity contribution in [3.63, 3.8) is 0 Å². The van der Waals surface area contributed by atoms with Crippen LogP contribution >= 0.6 is 0 Å². The first-order valence-electron chi connectivity index (χ1n) is 5.49. The van der Waals surface area contributed by atoms with Gasteiger partial charge in [0, 0.05) is 0 Å². The van der Waals surface area contributed by atoms with E-state index in [1.165, 1.54) is 45.2 Å². The molecule has 0 heterocycles. The van der Waals surface area contributed by atoms with Crippen molar-refractivity contribution in [2.24, 2.45) is 11.8 Å². The zero-order valence-corrected chi connectivity index (χ0v) is 8.60. The number of rotatable bonds is 5. The van der Waals surface area contributed by atoms with Gasteiger partial charge in [0.25, 0.3) is 0 Å². The minimum atomic E-state index is 0.800. The van der Waals surface area contributed by atoms with E-state index in [9.17, 15) is 0 Å². The fraction of sp³-hybridized carbons (Fsp3) is 1.00. The lowest BCUT2D eigenvalue weighted by molar-refractivity contribution is 0.459. The van der Waals surface area contributed by atoms with Crippen LogP contribution in [0.15, 0.2) is 0 Å². The third-order valence-electron chi connectivity index (χ3n) is 2.76. The van der Waals surface area contributed by atoms with Crippen LogP contribution in [0.3, 0.4) is 0 Å². The first-order chi connectivity index (χ1) is 5.79. The summed E-state index contributed by atoms with van der Waals surface area (Å²) in [6.45, 7) is 6.96. The van der Waals surface area contributed by atoms with Gasteiger partial charge in [-0.15, -0.1) is 0 Å². The molecular formula is C11H23N. The second-order valence-electron chi connectivity index (χ2n) is 4.54. The summed E-state index contributed by atoms with van der Waals surface area (Å²) >= 11 is 0. The smallest absolute Gasteiger partial charge is 0.00258 e. The Kier molecular flexibility index (Phi) is 4.67. The predicted octanol–water partition coefficient (Wildman–Crippen LogP) is 2.81. The second kappa shape index (κ2) is 5.58. The molecule has 0 aromatic carbocycles. The van der Waals surface area contributed by atoms with Crippen molar-refractivity contribution in [3.8, 4) is 0 Å². The molecule has 1 aliphatic carbocycles. The Balaban J connectivity index is 1.88. The van der Waals surface area contributed by atoms with E-state index in [2.05, 4.69) is 19.2 Å². The molecule has 1 heteroatoms. The molecule has 1 fully saturated rings. The third-order valence-corrected chi connectivity index (χ3v) is 2.76. The summed E-state index contributed by atoms with van der Waals surface area (Å²) in [5.74, 6) is 1.85. The molecule has 0 unspecified atom stereocenters. The third kappa shape index (κ3) is 4.10.